The van der Waals surface area contributed by atoms with Crippen molar-refractivity contribution >= 4 is 45.2 Å². The minimum atomic E-state index is -1.27. The summed E-state index contributed by atoms with van der Waals surface area (Å²) in [6.07, 6.45) is 1.22. The summed E-state index contributed by atoms with van der Waals surface area (Å²) < 4.78 is 16.0. The van der Waals surface area contributed by atoms with Crippen molar-refractivity contribution in [1.29, 1.82) is 0 Å². The summed E-state index contributed by atoms with van der Waals surface area (Å²) in [7, 11) is 0. The molecule has 0 bridgehead atoms. The van der Waals surface area contributed by atoms with Crippen molar-refractivity contribution in [3.8, 4) is 5.75 Å². The number of halogens is 2. The van der Waals surface area contributed by atoms with Gasteiger partial charge in [0, 0.05) is 25.7 Å². The molecule has 0 unspecified atom stereocenters. The van der Waals surface area contributed by atoms with Crippen LogP contribution in [0.1, 0.15) is 20.8 Å². The van der Waals surface area contributed by atoms with Gasteiger partial charge in [-0.1, -0.05) is 11.6 Å². The van der Waals surface area contributed by atoms with E-state index in [0.717, 1.165) is 0 Å². The fourth-order valence-corrected chi connectivity index (χ4v) is 2.82. The summed E-state index contributed by atoms with van der Waals surface area (Å²) in [5.41, 5.74) is 0.328. The van der Waals surface area contributed by atoms with Crippen LogP contribution in [0.3, 0.4) is 0 Å². The average molecular weight is 405 g/mol. The number of rotatable bonds is 4. The number of carbonyl (C=O) groups is 2. The molecule has 0 aliphatic carbocycles. The van der Waals surface area contributed by atoms with Crippen LogP contribution in [0.4, 0.5) is 5.69 Å². The van der Waals surface area contributed by atoms with Crippen molar-refractivity contribution < 1.29 is 23.8 Å². The summed E-state index contributed by atoms with van der Waals surface area (Å²) in [6.45, 7) is 5.29. The van der Waals surface area contributed by atoms with E-state index in [1.807, 2.05) is 6.92 Å². The lowest BCUT2D eigenvalue weighted by atomic mass is 10.2. The number of benzene rings is 1. The van der Waals surface area contributed by atoms with Gasteiger partial charge in [0.1, 0.15) is 0 Å². The van der Waals surface area contributed by atoms with E-state index in [0.29, 0.717) is 27.5 Å². The second-order valence-corrected chi connectivity index (χ2v) is 6.34. The molecule has 1 aromatic rings. The highest BCUT2D eigenvalue weighted by atomic mass is 79.9. The molecule has 8 heteroatoms. The SMILES string of the molecule is CCOc1c(Cl)cc(NC=C2C(=O)OC(C)(C)OC2=O)cc1Br. The highest BCUT2D eigenvalue weighted by molar-refractivity contribution is 9.10. The Labute approximate surface area is 146 Å². The van der Waals surface area contributed by atoms with Gasteiger partial charge in [-0.2, -0.15) is 0 Å². The first-order chi connectivity index (χ1) is 10.7. The van der Waals surface area contributed by atoms with Crippen LogP contribution in [0.15, 0.2) is 28.4 Å². The number of esters is 2. The second-order valence-electron chi connectivity index (χ2n) is 5.08. The maximum Gasteiger partial charge on any atom is 0.350 e. The molecule has 0 radical (unpaired) electrons. The molecule has 1 N–H and O–H groups in total. The van der Waals surface area contributed by atoms with Gasteiger partial charge in [-0.15, -0.1) is 0 Å². The lowest BCUT2D eigenvalue weighted by Crippen LogP contribution is -2.42. The van der Waals surface area contributed by atoms with Crippen LogP contribution >= 0.6 is 27.5 Å². The molecule has 0 saturated carbocycles. The molecule has 0 spiro atoms. The molecule has 1 saturated heterocycles. The Bertz CT molecular complexity index is 641. The smallest absolute Gasteiger partial charge is 0.350 e. The van der Waals surface area contributed by atoms with Gasteiger partial charge in [-0.3, -0.25) is 0 Å². The monoisotopic (exact) mass is 403 g/mol. The van der Waals surface area contributed by atoms with Crippen LogP contribution in [0.2, 0.25) is 5.02 Å². The van der Waals surface area contributed by atoms with Gasteiger partial charge in [0.05, 0.1) is 16.1 Å². The largest absolute Gasteiger partial charge is 0.491 e. The van der Waals surface area contributed by atoms with Crippen LogP contribution in [0, 0.1) is 0 Å². The van der Waals surface area contributed by atoms with E-state index in [1.165, 1.54) is 20.0 Å². The van der Waals surface area contributed by atoms with E-state index >= 15 is 0 Å². The van der Waals surface area contributed by atoms with Gasteiger partial charge in [-0.25, -0.2) is 9.59 Å². The van der Waals surface area contributed by atoms with Crippen LogP contribution in [0.25, 0.3) is 0 Å². The van der Waals surface area contributed by atoms with Crippen LogP contribution in [-0.2, 0) is 19.1 Å². The lowest BCUT2D eigenvalue weighted by molar-refractivity contribution is -0.222. The van der Waals surface area contributed by atoms with Gasteiger partial charge in [0.25, 0.3) is 5.79 Å². The fourth-order valence-electron chi connectivity index (χ4n) is 1.86. The third kappa shape index (κ3) is 4.17. The van der Waals surface area contributed by atoms with Crippen LogP contribution in [0.5, 0.6) is 5.75 Å². The summed E-state index contributed by atoms with van der Waals surface area (Å²) in [6, 6.07) is 3.31. The molecule has 1 heterocycles. The number of nitrogens with one attached hydrogen (secondary N) is 1. The predicted octanol–water partition coefficient (Wildman–Crippen LogP) is 3.63. The zero-order valence-corrected chi connectivity index (χ0v) is 15.1. The van der Waals surface area contributed by atoms with Gasteiger partial charge < -0.3 is 19.5 Å². The third-order valence-electron chi connectivity index (χ3n) is 2.79. The minimum absolute atomic E-state index is 0.231. The van der Waals surface area contributed by atoms with E-state index in [4.69, 9.17) is 25.8 Å². The maximum absolute atomic E-state index is 11.8. The number of cyclic esters (lactones) is 2. The van der Waals surface area contributed by atoms with Crippen molar-refractivity contribution in [3.05, 3.63) is 33.4 Å². The summed E-state index contributed by atoms with van der Waals surface area (Å²) >= 11 is 9.48. The Morgan fingerprint density at radius 2 is 1.91 bits per heavy atom. The van der Waals surface area contributed by atoms with Crippen molar-refractivity contribution in [2.75, 3.05) is 11.9 Å². The Balaban J connectivity index is 2.20. The van der Waals surface area contributed by atoms with E-state index in [2.05, 4.69) is 21.2 Å². The number of hydrogen-bond donors (Lipinski definition) is 1. The van der Waals surface area contributed by atoms with E-state index in [1.54, 1.807) is 12.1 Å². The lowest BCUT2D eigenvalue weighted by Gasteiger charge is -2.29. The molecule has 2 rings (SSSR count). The molecular weight excluding hydrogens is 390 g/mol. The number of hydrogen-bond acceptors (Lipinski definition) is 6. The Hall–Kier alpha value is -1.73. The molecule has 0 atom stereocenters. The standard InChI is InChI=1S/C15H15BrClNO5/c1-4-21-12-10(16)5-8(6-11(12)17)18-7-9-13(19)22-15(2,3)23-14(9)20/h5-7,18H,4H2,1-3H3. The quantitative estimate of drug-likeness (QED) is 0.469. The van der Waals surface area contributed by atoms with Gasteiger partial charge in [-0.05, 0) is 35.0 Å². The summed E-state index contributed by atoms with van der Waals surface area (Å²) in [5.74, 6) is -2.26. The van der Waals surface area contributed by atoms with E-state index in [9.17, 15) is 9.59 Å². The zero-order valence-electron chi connectivity index (χ0n) is 12.7. The van der Waals surface area contributed by atoms with Crippen molar-refractivity contribution in [3.63, 3.8) is 0 Å². The maximum atomic E-state index is 11.8. The van der Waals surface area contributed by atoms with Gasteiger partial charge in [0.2, 0.25) is 0 Å². The predicted molar refractivity (Wildman–Crippen MR) is 88.3 cm³/mol. The molecule has 6 nitrogen and oxygen atoms in total. The molecule has 1 aromatic carbocycles. The summed E-state index contributed by atoms with van der Waals surface area (Å²) in [5, 5.41) is 3.21. The third-order valence-corrected chi connectivity index (χ3v) is 3.66. The normalized spacial score (nSPS) is 16.5. The van der Waals surface area contributed by atoms with Crippen molar-refractivity contribution in [2.45, 2.75) is 26.6 Å². The van der Waals surface area contributed by atoms with Crippen molar-refractivity contribution in [2.24, 2.45) is 0 Å². The Morgan fingerprint density at radius 3 is 2.43 bits per heavy atom. The molecule has 23 heavy (non-hydrogen) atoms. The number of ether oxygens (including phenoxy) is 3. The number of anilines is 1. The second kappa shape index (κ2) is 6.80. The minimum Gasteiger partial charge on any atom is -0.491 e. The van der Waals surface area contributed by atoms with Crippen LogP contribution in [-0.4, -0.2) is 24.3 Å². The average Bonchev–Trinajstić information content (AvgIpc) is 2.40. The highest BCUT2D eigenvalue weighted by Crippen LogP contribution is 2.36. The Morgan fingerprint density at radius 1 is 1.30 bits per heavy atom. The van der Waals surface area contributed by atoms with Crippen molar-refractivity contribution in [1.82, 2.24) is 0 Å². The topological polar surface area (TPSA) is 73.9 Å². The van der Waals surface area contributed by atoms with Gasteiger partial charge >= 0.3 is 11.9 Å². The van der Waals surface area contributed by atoms with E-state index < -0.39 is 17.7 Å². The highest BCUT2D eigenvalue weighted by Gasteiger charge is 2.38. The van der Waals surface area contributed by atoms with E-state index in [-0.39, 0.29) is 5.57 Å². The summed E-state index contributed by atoms with van der Waals surface area (Å²) in [4.78, 5) is 23.7. The zero-order chi connectivity index (χ0) is 17.2. The number of carbonyl (C=O) groups excluding carboxylic acids is 2. The molecule has 1 fully saturated rings. The molecule has 0 amide bonds. The fraction of sp³-hybridized carbons (Fsp3) is 0.333. The molecule has 0 aromatic heterocycles. The first-order valence-electron chi connectivity index (χ1n) is 6.78. The Kier molecular flexibility index (Phi) is 5.21. The first kappa shape index (κ1) is 17.6. The molecule has 1 aliphatic heterocycles. The molecular formula is C15H15BrClNO5. The molecule has 1 aliphatic rings. The molecule has 124 valence electrons. The first-order valence-corrected chi connectivity index (χ1v) is 7.96. The van der Waals surface area contributed by atoms with Crippen LogP contribution < -0.4 is 10.1 Å². The van der Waals surface area contributed by atoms with Gasteiger partial charge in [0.15, 0.2) is 11.3 Å².